The third-order valence-electron chi connectivity index (χ3n) is 4.21. The van der Waals surface area contributed by atoms with Crippen LogP contribution in [0.15, 0.2) is 78.9 Å². The van der Waals surface area contributed by atoms with Crippen LogP contribution in [0.25, 0.3) is 21.5 Å². The number of esters is 1. The Morgan fingerprint density at radius 1 is 0.680 bits per heavy atom. The Morgan fingerprint density at radius 3 is 2.12 bits per heavy atom. The van der Waals surface area contributed by atoms with E-state index in [4.69, 9.17) is 9.47 Å². The first-order chi connectivity index (χ1) is 12.2. The Hall–Kier alpha value is -3.33. The third-order valence-corrected chi connectivity index (χ3v) is 4.21. The molecule has 0 atom stereocenters. The molecule has 0 saturated heterocycles. The van der Waals surface area contributed by atoms with Crippen molar-refractivity contribution < 1.29 is 14.3 Å². The first-order valence-corrected chi connectivity index (χ1v) is 8.02. The number of methoxy groups -OCH3 is 1. The van der Waals surface area contributed by atoms with Gasteiger partial charge in [-0.05, 0) is 57.9 Å². The molecule has 3 heteroatoms. The van der Waals surface area contributed by atoms with Crippen molar-refractivity contribution in [1.82, 2.24) is 0 Å². The fraction of sp³-hybridized carbons (Fsp3) is 0.0455. The van der Waals surface area contributed by atoms with Crippen molar-refractivity contribution in [3.63, 3.8) is 0 Å². The summed E-state index contributed by atoms with van der Waals surface area (Å²) in [6, 6.07) is 24.9. The average molecular weight is 328 g/mol. The molecule has 4 aromatic rings. The van der Waals surface area contributed by atoms with Gasteiger partial charge in [-0.2, -0.15) is 0 Å². The highest BCUT2D eigenvalue weighted by molar-refractivity contribution is 5.97. The van der Waals surface area contributed by atoms with Crippen LogP contribution in [0.2, 0.25) is 0 Å². The molecular formula is C22H16O3. The Morgan fingerprint density at radius 2 is 1.32 bits per heavy atom. The normalized spacial score (nSPS) is 10.8. The molecule has 0 amide bonds. The molecule has 0 heterocycles. The van der Waals surface area contributed by atoms with E-state index < -0.39 is 0 Å². The molecule has 0 spiro atoms. The van der Waals surface area contributed by atoms with E-state index in [0.717, 1.165) is 27.3 Å². The SMILES string of the molecule is COc1ccc2ccc(OC(=O)c3ccc4ccccc4c3)cc2c1. The second kappa shape index (κ2) is 6.29. The summed E-state index contributed by atoms with van der Waals surface area (Å²) in [6.07, 6.45) is 0. The van der Waals surface area contributed by atoms with Gasteiger partial charge in [0.05, 0.1) is 12.7 Å². The molecule has 0 aliphatic heterocycles. The zero-order chi connectivity index (χ0) is 17.2. The minimum atomic E-state index is -0.368. The van der Waals surface area contributed by atoms with E-state index in [2.05, 4.69) is 0 Å². The predicted molar refractivity (Wildman–Crippen MR) is 99.4 cm³/mol. The van der Waals surface area contributed by atoms with Crippen molar-refractivity contribution in [2.45, 2.75) is 0 Å². The summed E-state index contributed by atoms with van der Waals surface area (Å²) in [4.78, 5) is 12.5. The summed E-state index contributed by atoms with van der Waals surface area (Å²) < 4.78 is 10.8. The van der Waals surface area contributed by atoms with Crippen molar-refractivity contribution in [3.8, 4) is 11.5 Å². The fourth-order valence-electron chi connectivity index (χ4n) is 2.88. The van der Waals surface area contributed by atoms with Gasteiger partial charge in [0.1, 0.15) is 11.5 Å². The summed E-state index contributed by atoms with van der Waals surface area (Å²) in [5.41, 5.74) is 0.532. The predicted octanol–water partition coefficient (Wildman–Crippen LogP) is 5.22. The van der Waals surface area contributed by atoms with Gasteiger partial charge in [0, 0.05) is 0 Å². The zero-order valence-corrected chi connectivity index (χ0v) is 13.7. The van der Waals surface area contributed by atoms with E-state index >= 15 is 0 Å². The number of fused-ring (bicyclic) bond motifs is 2. The molecule has 122 valence electrons. The molecule has 0 fully saturated rings. The summed E-state index contributed by atoms with van der Waals surface area (Å²) in [5, 5.41) is 4.13. The highest BCUT2D eigenvalue weighted by atomic mass is 16.5. The molecule has 0 aromatic heterocycles. The topological polar surface area (TPSA) is 35.5 Å². The van der Waals surface area contributed by atoms with Crippen LogP contribution in [0.4, 0.5) is 0 Å². The minimum Gasteiger partial charge on any atom is -0.497 e. The van der Waals surface area contributed by atoms with Gasteiger partial charge in [-0.1, -0.05) is 42.5 Å². The summed E-state index contributed by atoms with van der Waals surface area (Å²) in [6.45, 7) is 0. The van der Waals surface area contributed by atoms with E-state index in [1.807, 2.05) is 66.7 Å². The number of carbonyl (C=O) groups is 1. The highest BCUT2D eigenvalue weighted by Crippen LogP contribution is 2.26. The van der Waals surface area contributed by atoms with Gasteiger partial charge in [0.2, 0.25) is 0 Å². The number of ether oxygens (including phenoxy) is 2. The lowest BCUT2D eigenvalue weighted by Gasteiger charge is -2.08. The second-order valence-corrected chi connectivity index (χ2v) is 5.83. The molecule has 0 unspecified atom stereocenters. The molecule has 4 aromatic carbocycles. The minimum absolute atomic E-state index is 0.368. The Balaban J connectivity index is 1.63. The lowest BCUT2D eigenvalue weighted by Crippen LogP contribution is -2.08. The lowest BCUT2D eigenvalue weighted by atomic mass is 10.1. The number of rotatable bonds is 3. The second-order valence-electron chi connectivity index (χ2n) is 5.83. The first-order valence-electron chi connectivity index (χ1n) is 8.02. The molecule has 4 rings (SSSR count). The maximum atomic E-state index is 12.5. The van der Waals surface area contributed by atoms with Gasteiger partial charge in [-0.3, -0.25) is 0 Å². The van der Waals surface area contributed by atoms with Crippen molar-refractivity contribution >= 4 is 27.5 Å². The van der Waals surface area contributed by atoms with Crippen LogP contribution >= 0.6 is 0 Å². The molecule has 0 aliphatic carbocycles. The zero-order valence-electron chi connectivity index (χ0n) is 13.7. The summed E-state index contributed by atoms with van der Waals surface area (Å²) in [5.74, 6) is 0.914. The number of hydrogen-bond donors (Lipinski definition) is 0. The van der Waals surface area contributed by atoms with Gasteiger partial charge in [0.15, 0.2) is 0 Å². The lowest BCUT2D eigenvalue weighted by molar-refractivity contribution is 0.0735. The van der Waals surface area contributed by atoms with Crippen LogP contribution in [0, 0.1) is 0 Å². The Bertz CT molecular complexity index is 1080. The van der Waals surface area contributed by atoms with Gasteiger partial charge >= 0.3 is 5.97 Å². The molecule has 25 heavy (non-hydrogen) atoms. The number of carbonyl (C=O) groups excluding carboxylic acids is 1. The van der Waals surface area contributed by atoms with Crippen LogP contribution < -0.4 is 9.47 Å². The maximum absolute atomic E-state index is 12.5. The maximum Gasteiger partial charge on any atom is 0.343 e. The molecule has 0 N–H and O–H groups in total. The van der Waals surface area contributed by atoms with Crippen LogP contribution in [0.1, 0.15) is 10.4 Å². The molecule has 0 saturated carbocycles. The Labute approximate surface area is 145 Å². The van der Waals surface area contributed by atoms with Crippen molar-refractivity contribution in [2.24, 2.45) is 0 Å². The van der Waals surface area contributed by atoms with Crippen LogP contribution in [0.3, 0.4) is 0 Å². The largest absolute Gasteiger partial charge is 0.497 e. The van der Waals surface area contributed by atoms with Crippen LogP contribution in [-0.2, 0) is 0 Å². The number of benzene rings is 4. The van der Waals surface area contributed by atoms with E-state index in [9.17, 15) is 4.79 Å². The van der Waals surface area contributed by atoms with E-state index in [1.165, 1.54) is 0 Å². The van der Waals surface area contributed by atoms with Crippen LogP contribution in [-0.4, -0.2) is 13.1 Å². The van der Waals surface area contributed by atoms with E-state index in [-0.39, 0.29) is 5.97 Å². The average Bonchev–Trinajstić information content (AvgIpc) is 2.67. The summed E-state index contributed by atoms with van der Waals surface area (Å²) >= 11 is 0. The van der Waals surface area contributed by atoms with Gasteiger partial charge < -0.3 is 9.47 Å². The van der Waals surface area contributed by atoms with Gasteiger partial charge in [-0.15, -0.1) is 0 Å². The van der Waals surface area contributed by atoms with E-state index in [1.54, 1.807) is 19.2 Å². The molecule has 3 nitrogen and oxygen atoms in total. The number of hydrogen-bond acceptors (Lipinski definition) is 3. The summed E-state index contributed by atoms with van der Waals surface area (Å²) in [7, 11) is 1.63. The van der Waals surface area contributed by atoms with E-state index in [0.29, 0.717) is 11.3 Å². The fourth-order valence-corrected chi connectivity index (χ4v) is 2.88. The monoisotopic (exact) mass is 328 g/mol. The smallest absolute Gasteiger partial charge is 0.343 e. The van der Waals surface area contributed by atoms with Gasteiger partial charge in [0.25, 0.3) is 0 Å². The van der Waals surface area contributed by atoms with Crippen LogP contribution in [0.5, 0.6) is 11.5 Å². The molecular weight excluding hydrogens is 312 g/mol. The molecule has 0 aliphatic rings. The molecule has 0 bridgehead atoms. The van der Waals surface area contributed by atoms with Crippen molar-refractivity contribution in [2.75, 3.05) is 7.11 Å². The standard InChI is InChI=1S/C22H16O3/c1-24-20-10-8-16-9-11-21(14-19(16)13-20)25-22(23)18-7-6-15-4-2-3-5-17(15)12-18/h2-14H,1H3. The Kier molecular flexibility index (Phi) is 3.82. The van der Waals surface area contributed by atoms with Crippen molar-refractivity contribution in [1.29, 1.82) is 0 Å². The highest BCUT2D eigenvalue weighted by Gasteiger charge is 2.10. The van der Waals surface area contributed by atoms with Gasteiger partial charge in [-0.25, -0.2) is 4.79 Å². The third kappa shape index (κ3) is 3.04. The molecule has 0 radical (unpaired) electrons. The quantitative estimate of drug-likeness (QED) is 0.382. The van der Waals surface area contributed by atoms with Crippen molar-refractivity contribution in [3.05, 3.63) is 84.4 Å². The first kappa shape index (κ1) is 15.2.